The van der Waals surface area contributed by atoms with E-state index in [1.165, 1.54) is 5.56 Å². The predicted molar refractivity (Wildman–Crippen MR) is 116 cm³/mol. The fourth-order valence-electron chi connectivity index (χ4n) is 4.74. The molecule has 0 bridgehead atoms. The number of carbonyl (C=O) groups excluding carboxylic acids is 1. The van der Waals surface area contributed by atoms with E-state index >= 15 is 0 Å². The van der Waals surface area contributed by atoms with Crippen molar-refractivity contribution in [3.05, 3.63) is 23.7 Å². The summed E-state index contributed by atoms with van der Waals surface area (Å²) in [5.41, 5.74) is 2.67. The summed E-state index contributed by atoms with van der Waals surface area (Å²) < 4.78 is 11.0. The Kier molecular flexibility index (Phi) is 6.00. The van der Waals surface area contributed by atoms with E-state index in [1.807, 2.05) is 31.9 Å². The quantitative estimate of drug-likeness (QED) is 0.784. The lowest BCUT2D eigenvalue weighted by Gasteiger charge is -2.33. The molecule has 164 valence electrons. The van der Waals surface area contributed by atoms with Gasteiger partial charge in [0, 0.05) is 32.3 Å². The second kappa shape index (κ2) is 8.53. The van der Waals surface area contributed by atoms with E-state index in [2.05, 4.69) is 16.0 Å². The van der Waals surface area contributed by atoms with Crippen molar-refractivity contribution in [3.8, 4) is 0 Å². The number of rotatable bonds is 3. The molecule has 0 radical (unpaired) electrons. The number of hydrogen-bond donors (Lipinski definition) is 1. The Bertz CT molecular complexity index is 872. The fraction of sp³-hybridized carbons (Fsp3) is 0.696. The third-order valence-electron chi connectivity index (χ3n) is 6.41. The van der Waals surface area contributed by atoms with Gasteiger partial charge in [0.1, 0.15) is 16.9 Å². The van der Waals surface area contributed by atoms with Gasteiger partial charge in [-0.1, -0.05) is 0 Å². The largest absolute Gasteiger partial charge is 0.444 e. The highest BCUT2D eigenvalue weighted by Crippen LogP contribution is 2.36. The van der Waals surface area contributed by atoms with Crippen LogP contribution < -0.4 is 0 Å². The standard InChI is InChI=1S/C23H34N4O3/c1-23(2,3)30-22(28)27-13-10-15(11-14-27)18-9-12-24-21-19(18)25-20(26-21)16-5-7-17(29-4)8-6-16/h9,12,15-17H,5-8,10-11,13-14H2,1-4H3,(H,24,25,26)/t16-,17+. The van der Waals surface area contributed by atoms with Gasteiger partial charge in [0.25, 0.3) is 0 Å². The third-order valence-corrected chi connectivity index (χ3v) is 6.41. The molecule has 0 atom stereocenters. The molecule has 1 aliphatic heterocycles. The summed E-state index contributed by atoms with van der Waals surface area (Å²) in [4.78, 5) is 27.2. The van der Waals surface area contributed by atoms with E-state index in [9.17, 15) is 4.79 Å². The van der Waals surface area contributed by atoms with Crippen LogP contribution in [0, 0.1) is 0 Å². The first kappa shape index (κ1) is 21.1. The van der Waals surface area contributed by atoms with Crippen LogP contribution in [-0.2, 0) is 9.47 Å². The fourth-order valence-corrected chi connectivity index (χ4v) is 4.74. The van der Waals surface area contributed by atoms with Crippen molar-refractivity contribution in [2.45, 2.75) is 82.8 Å². The van der Waals surface area contributed by atoms with Crippen LogP contribution in [0.1, 0.15) is 82.5 Å². The lowest BCUT2D eigenvalue weighted by Crippen LogP contribution is -2.41. The molecule has 30 heavy (non-hydrogen) atoms. The summed E-state index contributed by atoms with van der Waals surface area (Å²) in [5.74, 6) is 1.90. The SMILES string of the molecule is CO[C@H]1CC[C@@H](c2nc3c(C4CCN(C(=O)OC(C)(C)C)CC4)ccnc3[nH]2)CC1. The van der Waals surface area contributed by atoms with E-state index in [-0.39, 0.29) is 6.09 Å². The first-order chi connectivity index (χ1) is 14.3. The zero-order valence-corrected chi connectivity index (χ0v) is 18.6. The van der Waals surface area contributed by atoms with Gasteiger partial charge >= 0.3 is 6.09 Å². The minimum absolute atomic E-state index is 0.213. The summed E-state index contributed by atoms with van der Waals surface area (Å²) in [6.45, 7) is 7.14. The highest BCUT2D eigenvalue weighted by atomic mass is 16.6. The van der Waals surface area contributed by atoms with Crippen molar-refractivity contribution in [1.29, 1.82) is 0 Å². The Balaban J connectivity index is 1.45. The van der Waals surface area contributed by atoms with Crippen LogP contribution in [0.2, 0.25) is 0 Å². The Morgan fingerprint density at radius 3 is 2.43 bits per heavy atom. The molecule has 4 rings (SSSR count). The van der Waals surface area contributed by atoms with Crippen molar-refractivity contribution < 1.29 is 14.3 Å². The van der Waals surface area contributed by atoms with Gasteiger partial charge in [0.15, 0.2) is 5.65 Å². The number of hydrogen-bond acceptors (Lipinski definition) is 5. The van der Waals surface area contributed by atoms with Gasteiger partial charge in [-0.05, 0) is 76.8 Å². The first-order valence-corrected chi connectivity index (χ1v) is 11.2. The number of carbonyl (C=O) groups is 1. The van der Waals surface area contributed by atoms with Crippen molar-refractivity contribution in [3.63, 3.8) is 0 Å². The van der Waals surface area contributed by atoms with Crippen LogP contribution in [-0.4, -0.2) is 57.8 Å². The van der Waals surface area contributed by atoms with Gasteiger partial charge in [0.2, 0.25) is 0 Å². The molecule has 0 unspecified atom stereocenters. The van der Waals surface area contributed by atoms with Crippen molar-refractivity contribution >= 4 is 17.3 Å². The zero-order valence-electron chi connectivity index (χ0n) is 18.6. The van der Waals surface area contributed by atoms with Crippen LogP contribution in [0.3, 0.4) is 0 Å². The number of aromatic nitrogens is 3. The second-order valence-corrected chi connectivity index (χ2v) is 9.67. The van der Waals surface area contributed by atoms with Gasteiger partial charge in [-0.25, -0.2) is 14.8 Å². The van der Waals surface area contributed by atoms with Gasteiger partial charge in [-0.3, -0.25) is 0 Å². The normalized spacial score (nSPS) is 23.7. The molecule has 2 fully saturated rings. The molecule has 0 spiro atoms. The summed E-state index contributed by atoms with van der Waals surface area (Å²) >= 11 is 0. The average Bonchev–Trinajstić information content (AvgIpc) is 3.17. The number of H-pyrrole nitrogens is 1. The maximum absolute atomic E-state index is 12.4. The Morgan fingerprint density at radius 1 is 1.10 bits per heavy atom. The summed E-state index contributed by atoms with van der Waals surface area (Å²) in [7, 11) is 1.80. The van der Waals surface area contributed by atoms with Crippen LogP contribution in [0.15, 0.2) is 12.3 Å². The molecule has 1 aliphatic carbocycles. The van der Waals surface area contributed by atoms with Gasteiger partial charge in [0.05, 0.1) is 6.10 Å². The summed E-state index contributed by atoms with van der Waals surface area (Å²) in [5, 5.41) is 0. The van der Waals surface area contributed by atoms with Crippen LogP contribution >= 0.6 is 0 Å². The third kappa shape index (κ3) is 4.61. The minimum atomic E-state index is -0.459. The predicted octanol–water partition coefficient (Wildman–Crippen LogP) is 4.75. The van der Waals surface area contributed by atoms with Crippen LogP contribution in [0.5, 0.6) is 0 Å². The molecule has 1 N–H and O–H groups in total. The number of aromatic amines is 1. The molecule has 1 saturated carbocycles. The number of amides is 1. The lowest BCUT2D eigenvalue weighted by molar-refractivity contribution is 0.0205. The smallest absolute Gasteiger partial charge is 0.410 e. The Hall–Kier alpha value is -2.15. The molecule has 2 aliphatic rings. The number of likely N-dealkylation sites (tertiary alicyclic amines) is 1. The molecular weight excluding hydrogens is 380 g/mol. The number of ether oxygens (including phenoxy) is 2. The average molecular weight is 415 g/mol. The molecule has 1 amide bonds. The van der Waals surface area contributed by atoms with Crippen molar-refractivity contribution in [1.82, 2.24) is 19.9 Å². The number of methoxy groups -OCH3 is 1. The van der Waals surface area contributed by atoms with E-state index in [0.717, 1.165) is 55.5 Å². The van der Waals surface area contributed by atoms with Crippen molar-refractivity contribution in [2.75, 3.05) is 20.2 Å². The summed E-state index contributed by atoms with van der Waals surface area (Å²) in [6.07, 6.45) is 8.25. The molecule has 0 aromatic carbocycles. The van der Waals surface area contributed by atoms with E-state index < -0.39 is 5.60 Å². The van der Waals surface area contributed by atoms with Crippen LogP contribution in [0.4, 0.5) is 4.79 Å². The molecular formula is C23H34N4O3. The molecule has 2 aromatic rings. The minimum Gasteiger partial charge on any atom is -0.444 e. The maximum Gasteiger partial charge on any atom is 0.410 e. The molecule has 7 nitrogen and oxygen atoms in total. The highest BCUT2D eigenvalue weighted by molar-refractivity contribution is 5.75. The summed E-state index contributed by atoms with van der Waals surface area (Å²) in [6, 6.07) is 2.10. The molecule has 1 saturated heterocycles. The number of piperidine rings is 1. The van der Waals surface area contributed by atoms with Gasteiger partial charge < -0.3 is 19.4 Å². The lowest BCUT2D eigenvalue weighted by atomic mass is 9.87. The maximum atomic E-state index is 12.4. The number of pyridine rings is 1. The topological polar surface area (TPSA) is 80.3 Å². The van der Waals surface area contributed by atoms with E-state index in [4.69, 9.17) is 14.5 Å². The number of nitrogens with one attached hydrogen (secondary N) is 1. The number of imidazole rings is 1. The van der Waals surface area contributed by atoms with E-state index in [0.29, 0.717) is 31.0 Å². The van der Waals surface area contributed by atoms with Gasteiger partial charge in [-0.15, -0.1) is 0 Å². The van der Waals surface area contributed by atoms with Crippen LogP contribution in [0.25, 0.3) is 11.2 Å². The zero-order chi connectivity index (χ0) is 21.3. The van der Waals surface area contributed by atoms with E-state index in [1.54, 1.807) is 7.11 Å². The molecule has 2 aromatic heterocycles. The molecule has 3 heterocycles. The first-order valence-electron chi connectivity index (χ1n) is 11.2. The monoisotopic (exact) mass is 414 g/mol. The number of fused-ring (bicyclic) bond motifs is 1. The number of nitrogens with zero attached hydrogens (tertiary/aromatic N) is 3. The molecule has 7 heteroatoms. The second-order valence-electron chi connectivity index (χ2n) is 9.67. The highest BCUT2D eigenvalue weighted by Gasteiger charge is 2.30. The van der Waals surface area contributed by atoms with Crippen molar-refractivity contribution in [2.24, 2.45) is 0 Å². The Labute approximate surface area is 178 Å². The Morgan fingerprint density at radius 2 is 1.80 bits per heavy atom. The van der Waals surface area contributed by atoms with Gasteiger partial charge in [-0.2, -0.15) is 0 Å².